The standard InChI is InChI=1S/C23H32N2O2.ClH/c1-16(2)20-14-22(26)18(4)13-23(20)27-15-21(25-11-9-24-10-12-25)19-8-6-5-7-17(19)3;/h5-8,13-14,16,21,24,26H,9-12,15H2,1-4H3;1H. The lowest BCUT2D eigenvalue weighted by molar-refractivity contribution is 0.120. The van der Waals surface area contributed by atoms with Gasteiger partial charge < -0.3 is 15.2 Å². The van der Waals surface area contributed by atoms with Gasteiger partial charge in [-0.2, -0.15) is 0 Å². The third-order valence-electron chi connectivity index (χ3n) is 5.49. The average Bonchev–Trinajstić information content (AvgIpc) is 2.66. The van der Waals surface area contributed by atoms with E-state index in [1.54, 1.807) is 0 Å². The quantitative estimate of drug-likeness (QED) is 0.739. The zero-order chi connectivity index (χ0) is 19.4. The zero-order valence-corrected chi connectivity index (χ0v) is 18.2. The van der Waals surface area contributed by atoms with E-state index in [9.17, 15) is 5.11 Å². The van der Waals surface area contributed by atoms with Crippen LogP contribution >= 0.6 is 12.4 Å². The summed E-state index contributed by atoms with van der Waals surface area (Å²) >= 11 is 0. The zero-order valence-electron chi connectivity index (χ0n) is 17.4. The largest absolute Gasteiger partial charge is 0.508 e. The summed E-state index contributed by atoms with van der Waals surface area (Å²) in [5.41, 5.74) is 4.54. The average molecular weight is 405 g/mol. The fourth-order valence-electron chi connectivity index (χ4n) is 3.78. The van der Waals surface area contributed by atoms with Gasteiger partial charge in [-0.3, -0.25) is 4.90 Å². The van der Waals surface area contributed by atoms with Gasteiger partial charge in [-0.05, 0) is 48.6 Å². The Balaban J connectivity index is 0.00000280. The molecule has 0 bridgehead atoms. The number of phenolic OH excluding ortho intramolecular Hbond substituents is 1. The molecule has 1 fully saturated rings. The van der Waals surface area contributed by atoms with Gasteiger partial charge in [0.1, 0.15) is 18.1 Å². The number of nitrogens with zero attached hydrogens (tertiary/aromatic N) is 1. The monoisotopic (exact) mass is 404 g/mol. The van der Waals surface area contributed by atoms with Gasteiger partial charge in [-0.1, -0.05) is 38.1 Å². The topological polar surface area (TPSA) is 44.7 Å². The van der Waals surface area contributed by atoms with E-state index >= 15 is 0 Å². The molecule has 2 N–H and O–H groups in total. The number of aromatic hydroxyl groups is 1. The maximum atomic E-state index is 10.1. The molecule has 0 aliphatic carbocycles. The fraction of sp³-hybridized carbons (Fsp3) is 0.478. The molecule has 1 saturated heterocycles. The molecule has 2 aromatic carbocycles. The minimum Gasteiger partial charge on any atom is -0.508 e. The van der Waals surface area contributed by atoms with E-state index in [0.29, 0.717) is 18.3 Å². The highest BCUT2D eigenvalue weighted by atomic mass is 35.5. The third kappa shape index (κ3) is 5.19. The number of aryl methyl sites for hydroxylation is 2. The van der Waals surface area contributed by atoms with Crippen molar-refractivity contribution in [2.45, 2.75) is 39.7 Å². The Labute approximate surface area is 175 Å². The maximum absolute atomic E-state index is 10.1. The van der Waals surface area contributed by atoms with Gasteiger partial charge in [-0.25, -0.2) is 0 Å². The first-order chi connectivity index (χ1) is 13.0. The van der Waals surface area contributed by atoms with E-state index in [-0.39, 0.29) is 18.4 Å². The first-order valence-electron chi connectivity index (χ1n) is 9.94. The predicted octanol–water partition coefficient (Wildman–Crippen LogP) is 4.58. The first kappa shape index (κ1) is 22.5. The van der Waals surface area contributed by atoms with Crippen LogP contribution in [0, 0.1) is 13.8 Å². The van der Waals surface area contributed by atoms with Gasteiger partial charge in [0.2, 0.25) is 0 Å². The summed E-state index contributed by atoms with van der Waals surface area (Å²) in [6, 6.07) is 12.6. The Hall–Kier alpha value is -1.75. The first-order valence-corrected chi connectivity index (χ1v) is 9.94. The van der Waals surface area contributed by atoms with Crippen LogP contribution in [0.4, 0.5) is 0 Å². The van der Waals surface area contributed by atoms with Crippen molar-refractivity contribution in [1.29, 1.82) is 0 Å². The predicted molar refractivity (Wildman–Crippen MR) is 118 cm³/mol. The second-order valence-corrected chi connectivity index (χ2v) is 7.80. The van der Waals surface area contributed by atoms with Crippen LogP contribution < -0.4 is 10.1 Å². The van der Waals surface area contributed by atoms with E-state index in [4.69, 9.17) is 4.74 Å². The summed E-state index contributed by atoms with van der Waals surface area (Å²) in [6.45, 7) is 13.0. The Morgan fingerprint density at radius 1 is 1.04 bits per heavy atom. The van der Waals surface area contributed by atoms with Crippen molar-refractivity contribution in [2.75, 3.05) is 32.8 Å². The molecule has 2 aromatic rings. The smallest absolute Gasteiger partial charge is 0.123 e. The van der Waals surface area contributed by atoms with Crippen molar-refractivity contribution >= 4 is 12.4 Å². The summed E-state index contributed by atoms with van der Waals surface area (Å²) in [5, 5.41) is 13.5. The van der Waals surface area contributed by atoms with Crippen LogP contribution in [-0.2, 0) is 0 Å². The molecule has 0 aromatic heterocycles. The number of hydrogen-bond acceptors (Lipinski definition) is 4. The van der Waals surface area contributed by atoms with E-state index in [1.165, 1.54) is 11.1 Å². The summed E-state index contributed by atoms with van der Waals surface area (Å²) in [7, 11) is 0. The van der Waals surface area contributed by atoms with Crippen molar-refractivity contribution in [2.24, 2.45) is 0 Å². The van der Waals surface area contributed by atoms with Crippen molar-refractivity contribution in [3.8, 4) is 11.5 Å². The summed E-state index contributed by atoms with van der Waals surface area (Å²) in [6.07, 6.45) is 0. The minimum absolute atomic E-state index is 0. The van der Waals surface area contributed by atoms with Gasteiger partial charge in [0.25, 0.3) is 0 Å². The number of benzene rings is 2. The normalized spacial score (nSPS) is 15.9. The number of hydrogen-bond donors (Lipinski definition) is 2. The molecular formula is C23H33ClN2O2. The van der Waals surface area contributed by atoms with E-state index in [0.717, 1.165) is 43.1 Å². The van der Waals surface area contributed by atoms with Crippen molar-refractivity contribution in [3.05, 3.63) is 58.7 Å². The fourth-order valence-corrected chi connectivity index (χ4v) is 3.78. The molecule has 1 unspecified atom stereocenters. The molecular weight excluding hydrogens is 372 g/mol. The number of ether oxygens (including phenoxy) is 1. The molecule has 1 atom stereocenters. The molecule has 1 aliphatic rings. The van der Waals surface area contributed by atoms with Crippen LogP contribution in [0.5, 0.6) is 11.5 Å². The van der Waals surface area contributed by atoms with Crippen LogP contribution in [0.3, 0.4) is 0 Å². The van der Waals surface area contributed by atoms with Crippen LogP contribution in [0.25, 0.3) is 0 Å². The summed E-state index contributed by atoms with van der Waals surface area (Å²) in [4.78, 5) is 2.52. The molecule has 0 saturated carbocycles. The Kier molecular flexibility index (Phi) is 8.17. The second-order valence-electron chi connectivity index (χ2n) is 7.80. The van der Waals surface area contributed by atoms with Gasteiger partial charge in [0.05, 0.1) is 6.04 Å². The molecule has 0 radical (unpaired) electrons. The van der Waals surface area contributed by atoms with Crippen LogP contribution in [0.1, 0.15) is 48.1 Å². The van der Waals surface area contributed by atoms with Crippen molar-refractivity contribution in [3.63, 3.8) is 0 Å². The van der Waals surface area contributed by atoms with E-state index < -0.39 is 0 Å². The molecule has 3 rings (SSSR count). The number of rotatable bonds is 6. The Morgan fingerprint density at radius 2 is 1.71 bits per heavy atom. The second kappa shape index (κ2) is 10.1. The number of halogens is 1. The molecule has 1 aliphatic heterocycles. The number of piperazine rings is 1. The molecule has 28 heavy (non-hydrogen) atoms. The van der Waals surface area contributed by atoms with E-state index in [1.807, 2.05) is 19.1 Å². The SMILES string of the molecule is Cc1cc(OCC(c2ccccc2C)N2CCNCC2)c(C(C)C)cc1O.Cl. The van der Waals surface area contributed by atoms with Gasteiger partial charge in [0, 0.05) is 31.7 Å². The molecule has 0 amide bonds. The minimum atomic E-state index is 0. The van der Waals surface area contributed by atoms with Gasteiger partial charge in [-0.15, -0.1) is 12.4 Å². The highest BCUT2D eigenvalue weighted by molar-refractivity contribution is 5.85. The van der Waals surface area contributed by atoms with Crippen molar-refractivity contribution in [1.82, 2.24) is 10.2 Å². The van der Waals surface area contributed by atoms with Crippen LogP contribution in [0.15, 0.2) is 36.4 Å². The third-order valence-corrected chi connectivity index (χ3v) is 5.49. The molecule has 5 heteroatoms. The lowest BCUT2D eigenvalue weighted by Gasteiger charge is -2.36. The van der Waals surface area contributed by atoms with Crippen LogP contribution in [-0.4, -0.2) is 42.8 Å². The molecule has 4 nitrogen and oxygen atoms in total. The number of nitrogens with one attached hydrogen (secondary N) is 1. The van der Waals surface area contributed by atoms with E-state index in [2.05, 4.69) is 55.3 Å². The highest BCUT2D eigenvalue weighted by Gasteiger charge is 2.25. The number of phenols is 1. The lowest BCUT2D eigenvalue weighted by atomic mass is 9.98. The lowest BCUT2D eigenvalue weighted by Crippen LogP contribution is -2.46. The Morgan fingerprint density at radius 3 is 2.36 bits per heavy atom. The molecule has 0 spiro atoms. The Bertz CT molecular complexity index is 773. The van der Waals surface area contributed by atoms with Gasteiger partial charge in [0.15, 0.2) is 0 Å². The van der Waals surface area contributed by atoms with Gasteiger partial charge >= 0.3 is 0 Å². The summed E-state index contributed by atoms with van der Waals surface area (Å²) in [5.74, 6) is 1.51. The maximum Gasteiger partial charge on any atom is 0.123 e. The highest BCUT2D eigenvalue weighted by Crippen LogP contribution is 2.34. The summed E-state index contributed by atoms with van der Waals surface area (Å²) < 4.78 is 6.39. The molecule has 154 valence electrons. The van der Waals surface area contributed by atoms with Crippen molar-refractivity contribution < 1.29 is 9.84 Å². The van der Waals surface area contributed by atoms with Crippen LogP contribution in [0.2, 0.25) is 0 Å². The molecule has 1 heterocycles.